The molecule has 4 aliphatic heterocycles. The molecular formula is C49H72N10O4. The Bertz CT molecular complexity index is 2020. The van der Waals surface area contributed by atoms with E-state index in [2.05, 4.69) is 54.5 Å². The lowest BCUT2D eigenvalue weighted by atomic mass is 9.85. The number of benzene rings is 2. The Hall–Kier alpha value is -4.95. The molecule has 14 nitrogen and oxygen atoms in total. The summed E-state index contributed by atoms with van der Waals surface area (Å²) in [5.41, 5.74) is 18.0. The van der Waals surface area contributed by atoms with Crippen molar-refractivity contribution in [3.05, 3.63) is 60.2 Å². The Morgan fingerprint density at radius 3 is 2.14 bits per heavy atom. The number of amides is 3. The van der Waals surface area contributed by atoms with Crippen LogP contribution in [-0.2, 0) is 20.9 Å². The number of unbranched alkanes of at least 4 members (excludes halogenated alkanes) is 6. The van der Waals surface area contributed by atoms with Crippen LogP contribution in [-0.4, -0.2) is 124 Å². The van der Waals surface area contributed by atoms with Crippen LogP contribution in [0.3, 0.4) is 0 Å². The van der Waals surface area contributed by atoms with E-state index in [9.17, 15) is 19.5 Å². The Kier molecular flexibility index (Phi) is 15.1. The van der Waals surface area contributed by atoms with Gasteiger partial charge in [0, 0.05) is 100 Å². The van der Waals surface area contributed by atoms with Gasteiger partial charge in [-0.2, -0.15) is 0 Å². The predicted molar refractivity (Wildman–Crippen MR) is 251 cm³/mol. The number of piperazine rings is 2. The molecule has 14 heteroatoms. The van der Waals surface area contributed by atoms with Crippen molar-refractivity contribution < 1.29 is 19.5 Å². The smallest absolute Gasteiger partial charge is 0.246 e. The monoisotopic (exact) mass is 865 g/mol. The molecule has 342 valence electrons. The van der Waals surface area contributed by atoms with Crippen LogP contribution in [0.5, 0.6) is 0 Å². The Balaban J connectivity index is 0.771. The number of likely N-dealkylation sites (tertiary alicyclic amines) is 1. The first-order valence-electron chi connectivity index (χ1n) is 23.6. The fourth-order valence-corrected chi connectivity index (χ4v) is 10.2. The molecule has 2 unspecified atom stereocenters. The number of carbonyl (C=O) groups is 3. The molecule has 0 spiro atoms. The van der Waals surface area contributed by atoms with Gasteiger partial charge in [0.2, 0.25) is 17.7 Å². The van der Waals surface area contributed by atoms with Crippen LogP contribution in [0.1, 0.15) is 110 Å². The molecule has 5 heterocycles. The third-order valence-corrected chi connectivity index (χ3v) is 13.7. The maximum absolute atomic E-state index is 13.3. The summed E-state index contributed by atoms with van der Waals surface area (Å²) < 4.78 is 0. The van der Waals surface area contributed by atoms with Gasteiger partial charge in [0.15, 0.2) is 5.82 Å². The summed E-state index contributed by atoms with van der Waals surface area (Å²) in [5.74, 6) is 0.520. The largest absolute Gasteiger partial charge is 0.398 e. The number of nitrogen functional groups attached to an aromatic ring is 2. The number of hydrogen-bond donors (Lipinski definition) is 4. The standard InChI is InChI=1S/C49H72N10O4/c1-34-27-39(60)33-58(34)48(63)46(49(2,3)4)52-44(61)19-10-8-6-5-7-9-11-20-45(62)56-25-23-55(24-26-56)30-35-15-14-16-36(28-35)59-37-21-22-38(59)32-57(31-37)43-29-42(53-54-47(43)51)40-17-12-13-18-41(40)50/h12-18,28-29,34,37-39,46,60H,5-11,19-27,30-33,50H2,1-4H3,(H2,51,54)(H,52,61)/t34-,37?,38?,39-,46-/m1/s1. The maximum atomic E-state index is 13.3. The van der Waals surface area contributed by atoms with E-state index < -0.39 is 17.6 Å². The number of nitrogens with zero attached hydrogens (tertiary/aromatic N) is 7. The predicted octanol–water partition coefficient (Wildman–Crippen LogP) is 5.83. The summed E-state index contributed by atoms with van der Waals surface area (Å²) in [6.07, 6.45) is 10.3. The van der Waals surface area contributed by atoms with E-state index in [-0.39, 0.29) is 23.8 Å². The third-order valence-electron chi connectivity index (χ3n) is 13.7. The summed E-state index contributed by atoms with van der Waals surface area (Å²) in [5, 5.41) is 21.7. The van der Waals surface area contributed by atoms with Crippen molar-refractivity contribution >= 4 is 40.6 Å². The van der Waals surface area contributed by atoms with E-state index in [1.807, 2.05) is 62.9 Å². The second-order valence-electron chi connectivity index (χ2n) is 19.7. The average Bonchev–Trinajstić information content (AvgIpc) is 3.74. The molecule has 7 rings (SSSR count). The molecule has 0 aliphatic carbocycles. The summed E-state index contributed by atoms with van der Waals surface area (Å²) in [4.78, 5) is 50.5. The highest BCUT2D eigenvalue weighted by atomic mass is 16.3. The van der Waals surface area contributed by atoms with E-state index in [4.69, 9.17) is 11.5 Å². The quantitative estimate of drug-likeness (QED) is 0.0949. The number of rotatable bonds is 17. The highest BCUT2D eigenvalue weighted by Gasteiger charge is 2.42. The highest BCUT2D eigenvalue weighted by molar-refractivity contribution is 5.88. The van der Waals surface area contributed by atoms with Crippen molar-refractivity contribution in [2.24, 2.45) is 5.41 Å². The molecule has 0 saturated carbocycles. The van der Waals surface area contributed by atoms with Crippen molar-refractivity contribution in [1.29, 1.82) is 0 Å². The summed E-state index contributed by atoms with van der Waals surface area (Å²) >= 11 is 0. The number of aliphatic hydroxyl groups excluding tert-OH is 1. The summed E-state index contributed by atoms with van der Waals surface area (Å²) in [6, 6.07) is 18.9. The van der Waals surface area contributed by atoms with E-state index >= 15 is 0 Å². The van der Waals surface area contributed by atoms with Crippen molar-refractivity contribution in [2.45, 2.75) is 142 Å². The first-order valence-corrected chi connectivity index (χ1v) is 23.6. The second-order valence-corrected chi connectivity index (χ2v) is 19.7. The Labute approximate surface area is 374 Å². The zero-order valence-electron chi connectivity index (χ0n) is 38.2. The molecule has 4 aliphatic rings. The summed E-state index contributed by atoms with van der Waals surface area (Å²) in [6.45, 7) is 14.1. The lowest BCUT2D eigenvalue weighted by Crippen LogP contribution is -2.55. The molecule has 2 bridgehead atoms. The van der Waals surface area contributed by atoms with Gasteiger partial charge in [-0.15, -0.1) is 10.2 Å². The first-order chi connectivity index (χ1) is 30.2. The van der Waals surface area contributed by atoms with Crippen LogP contribution in [0.4, 0.5) is 22.9 Å². The second kappa shape index (κ2) is 20.7. The molecule has 5 atom stereocenters. The third kappa shape index (κ3) is 11.6. The van der Waals surface area contributed by atoms with Gasteiger partial charge in [0.25, 0.3) is 0 Å². The van der Waals surface area contributed by atoms with Crippen LogP contribution in [0.2, 0.25) is 0 Å². The van der Waals surface area contributed by atoms with E-state index in [0.29, 0.717) is 49.4 Å². The van der Waals surface area contributed by atoms with Crippen molar-refractivity contribution in [1.82, 2.24) is 30.2 Å². The molecule has 0 radical (unpaired) electrons. The zero-order chi connectivity index (χ0) is 44.7. The van der Waals surface area contributed by atoms with Gasteiger partial charge in [-0.1, -0.05) is 83.2 Å². The van der Waals surface area contributed by atoms with Gasteiger partial charge in [-0.05, 0) is 74.3 Å². The highest BCUT2D eigenvalue weighted by Crippen LogP contribution is 2.39. The summed E-state index contributed by atoms with van der Waals surface area (Å²) in [7, 11) is 0. The molecule has 63 heavy (non-hydrogen) atoms. The van der Waals surface area contributed by atoms with Crippen LogP contribution >= 0.6 is 0 Å². The lowest BCUT2D eigenvalue weighted by Gasteiger charge is -2.43. The van der Waals surface area contributed by atoms with Crippen molar-refractivity contribution in [3.8, 4) is 11.3 Å². The van der Waals surface area contributed by atoms with E-state index in [1.54, 1.807) is 4.90 Å². The number of anilines is 4. The zero-order valence-corrected chi connectivity index (χ0v) is 38.2. The van der Waals surface area contributed by atoms with Crippen LogP contribution < -0.4 is 26.6 Å². The Morgan fingerprint density at radius 2 is 1.49 bits per heavy atom. The van der Waals surface area contributed by atoms with Gasteiger partial charge < -0.3 is 41.5 Å². The number of fused-ring (bicyclic) bond motifs is 2. The number of aromatic nitrogens is 2. The topological polar surface area (TPSA) is 177 Å². The maximum Gasteiger partial charge on any atom is 0.246 e. The van der Waals surface area contributed by atoms with Gasteiger partial charge >= 0.3 is 0 Å². The number of β-amino-alcohol motifs (C(OH)–C–C–N with tert-alkyl or cyclic N) is 1. The minimum absolute atomic E-state index is 0.0310. The number of para-hydroxylation sites is 1. The van der Waals surface area contributed by atoms with Crippen molar-refractivity contribution in [3.63, 3.8) is 0 Å². The van der Waals surface area contributed by atoms with Gasteiger partial charge in [0.05, 0.1) is 17.5 Å². The van der Waals surface area contributed by atoms with Gasteiger partial charge in [-0.3, -0.25) is 19.3 Å². The molecule has 1 aromatic heterocycles. The van der Waals surface area contributed by atoms with Crippen molar-refractivity contribution in [2.75, 3.05) is 67.1 Å². The molecule has 4 saturated heterocycles. The van der Waals surface area contributed by atoms with Crippen LogP contribution in [0.25, 0.3) is 11.3 Å². The lowest BCUT2D eigenvalue weighted by molar-refractivity contribution is -0.140. The number of carbonyl (C=O) groups excluding carboxylic acids is 3. The number of nitrogens with one attached hydrogen (secondary N) is 1. The normalized spacial score (nSPS) is 22.1. The molecule has 4 fully saturated rings. The number of hydrogen-bond acceptors (Lipinski definition) is 11. The minimum atomic E-state index is -0.613. The van der Waals surface area contributed by atoms with Crippen LogP contribution in [0, 0.1) is 5.41 Å². The van der Waals surface area contributed by atoms with Crippen LogP contribution in [0.15, 0.2) is 54.6 Å². The van der Waals surface area contributed by atoms with Gasteiger partial charge in [0.1, 0.15) is 6.04 Å². The van der Waals surface area contributed by atoms with E-state index in [1.165, 1.54) is 11.3 Å². The average molecular weight is 865 g/mol. The molecule has 3 aromatic rings. The number of nitrogens with two attached hydrogens (primary N) is 2. The fraction of sp³-hybridized carbons (Fsp3) is 0.612. The minimum Gasteiger partial charge on any atom is -0.398 e. The molecular weight excluding hydrogens is 793 g/mol. The number of aliphatic hydroxyl groups is 1. The Morgan fingerprint density at radius 1 is 0.825 bits per heavy atom. The molecule has 2 aromatic carbocycles. The molecule has 6 N–H and O–H groups in total. The van der Waals surface area contributed by atoms with E-state index in [0.717, 1.165) is 121 Å². The molecule has 3 amide bonds. The fourth-order valence-electron chi connectivity index (χ4n) is 10.2. The SMILES string of the molecule is C[C@@H]1C[C@@H](O)CN1C(=O)[C@@H](NC(=O)CCCCCCCCCC(=O)N1CCN(Cc2cccc(N3C4CCC3CN(c3cc(-c5ccccc5N)nnc3N)C4)c2)CC1)C(C)(C)C. The first kappa shape index (κ1) is 46.1. The van der Waals surface area contributed by atoms with Gasteiger partial charge in [-0.25, -0.2) is 0 Å².